The second-order valence-electron chi connectivity index (χ2n) is 3.35. The van der Waals surface area contributed by atoms with Crippen molar-refractivity contribution in [3.63, 3.8) is 0 Å². The molecule has 94 valence electrons. The Labute approximate surface area is 111 Å². The van der Waals surface area contributed by atoms with E-state index in [1.54, 1.807) is 12.1 Å². The van der Waals surface area contributed by atoms with Crippen LogP contribution in [0.5, 0.6) is 5.75 Å². The molecule has 0 spiro atoms. The maximum absolute atomic E-state index is 11.6. The normalized spacial score (nSPS) is 12.1. The van der Waals surface area contributed by atoms with Crippen molar-refractivity contribution < 1.29 is 14.1 Å². The summed E-state index contributed by atoms with van der Waals surface area (Å²) in [6.07, 6.45) is 0. The first-order valence-electron chi connectivity index (χ1n) is 5.16. The van der Waals surface area contributed by atoms with Crippen molar-refractivity contribution in [2.24, 2.45) is 0 Å². The van der Waals surface area contributed by atoms with E-state index >= 15 is 0 Å². The van der Waals surface area contributed by atoms with E-state index in [-0.39, 0.29) is 11.7 Å². The Hall–Kier alpha value is -0.880. The first-order chi connectivity index (χ1) is 8.04. The van der Waals surface area contributed by atoms with Crippen LogP contribution in [-0.4, -0.2) is 33.3 Å². The second-order valence-corrected chi connectivity index (χ2v) is 6.07. The molecule has 0 aliphatic carbocycles. The second kappa shape index (κ2) is 6.76. The Balaban J connectivity index is 2.52. The number of carbonyl (C=O) groups is 1. The van der Waals surface area contributed by atoms with Gasteiger partial charge in [0.25, 0.3) is 5.91 Å². The topological polar surface area (TPSA) is 66.4 Å². The molecule has 1 amide bonds. The zero-order chi connectivity index (χ0) is 12.8. The van der Waals surface area contributed by atoms with Crippen molar-refractivity contribution in [2.75, 3.05) is 18.1 Å². The zero-order valence-corrected chi connectivity index (χ0v) is 11.8. The minimum atomic E-state index is -0.879. The predicted molar refractivity (Wildman–Crippen MR) is 71.7 cm³/mol. The number of halogens is 1. The molecule has 0 aromatic heterocycles. The van der Waals surface area contributed by atoms with Crippen LogP contribution in [0.2, 0.25) is 0 Å². The Bertz CT molecular complexity index is 437. The van der Waals surface area contributed by atoms with Crippen LogP contribution in [0.4, 0.5) is 0 Å². The lowest BCUT2D eigenvalue weighted by molar-refractivity contribution is 0.0955. The summed E-state index contributed by atoms with van der Waals surface area (Å²) in [6.45, 7) is 2.21. The number of nitrogens with one attached hydrogen (secondary N) is 1. The van der Waals surface area contributed by atoms with Gasteiger partial charge in [-0.3, -0.25) is 9.00 Å². The predicted octanol–water partition coefficient (Wildman–Crippen LogP) is 1.65. The van der Waals surface area contributed by atoms with Crippen molar-refractivity contribution in [3.05, 3.63) is 28.2 Å². The van der Waals surface area contributed by atoms with Crippen LogP contribution in [0.3, 0.4) is 0 Å². The summed E-state index contributed by atoms with van der Waals surface area (Å²) < 4.78 is 11.7. The Morgan fingerprint density at radius 1 is 1.53 bits per heavy atom. The molecule has 1 atom stereocenters. The number of carbonyl (C=O) groups excluding carboxylic acids is 1. The molecular formula is C11H14BrNO3S. The summed E-state index contributed by atoms with van der Waals surface area (Å²) in [5, 5.41) is 12.1. The fraction of sp³-hybridized carbons (Fsp3) is 0.364. The number of amides is 1. The van der Waals surface area contributed by atoms with E-state index in [4.69, 9.17) is 0 Å². The van der Waals surface area contributed by atoms with Gasteiger partial charge in [0.15, 0.2) is 0 Å². The highest BCUT2D eigenvalue weighted by molar-refractivity contribution is 9.10. The number of phenolic OH excluding ortho intramolecular Hbond substituents is 1. The molecule has 0 saturated carbocycles. The van der Waals surface area contributed by atoms with Gasteiger partial charge in [0.1, 0.15) is 5.75 Å². The average molecular weight is 320 g/mol. The van der Waals surface area contributed by atoms with E-state index < -0.39 is 10.8 Å². The SMILES string of the molecule is CCS(=O)CCNC(=O)c1ccc(Br)c(O)c1. The summed E-state index contributed by atoms with van der Waals surface area (Å²) in [5.74, 6) is 0.787. The van der Waals surface area contributed by atoms with Crippen molar-refractivity contribution in [1.82, 2.24) is 5.32 Å². The average Bonchev–Trinajstić information content (AvgIpc) is 2.32. The number of hydrogen-bond donors (Lipinski definition) is 2. The van der Waals surface area contributed by atoms with Crippen molar-refractivity contribution in [3.8, 4) is 5.75 Å². The maximum Gasteiger partial charge on any atom is 0.251 e. The van der Waals surface area contributed by atoms with Crippen molar-refractivity contribution in [2.45, 2.75) is 6.92 Å². The van der Waals surface area contributed by atoms with Crippen molar-refractivity contribution >= 4 is 32.6 Å². The number of phenols is 1. The first kappa shape index (κ1) is 14.2. The van der Waals surface area contributed by atoms with E-state index in [0.29, 0.717) is 28.1 Å². The molecular weight excluding hydrogens is 306 g/mol. The third-order valence-corrected chi connectivity index (χ3v) is 4.12. The zero-order valence-electron chi connectivity index (χ0n) is 9.40. The molecule has 1 aromatic rings. The largest absolute Gasteiger partial charge is 0.507 e. The summed E-state index contributed by atoms with van der Waals surface area (Å²) >= 11 is 3.14. The van der Waals surface area contributed by atoms with Gasteiger partial charge in [-0.1, -0.05) is 6.92 Å². The monoisotopic (exact) mass is 319 g/mol. The molecule has 2 N–H and O–H groups in total. The quantitative estimate of drug-likeness (QED) is 0.867. The molecule has 0 saturated heterocycles. The van der Waals surface area contributed by atoms with Crippen LogP contribution in [0.1, 0.15) is 17.3 Å². The summed E-state index contributed by atoms with van der Waals surface area (Å²) in [5.41, 5.74) is 0.382. The van der Waals surface area contributed by atoms with Gasteiger partial charge in [-0.2, -0.15) is 0 Å². The lowest BCUT2D eigenvalue weighted by Crippen LogP contribution is -2.27. The molecule has 0 aliphatic heterocycles. The third-order valence-electron chi connectivity index (χ3n) is 2.15. The van der Waals surface area contributed by atoms with E-state index in [2.05, 4.69) is 21.2 Å². The van der Waals surface area contributed by atoms with Crippen LogP contribution in [0, 0.1) is 0 Å². The van der Waals surface area contributed by atoms with Gasteiger partial charge in [0.05, 0.1) is 4.47 Å². The lowest BCUT2D eigenvalue weighted by Gasteiger charge is -2.05. The summed E-state index contributed by atoms with van der Waals surface area (Å²) in [6, 6.07) is 4.60. The van der Waals surface area contributed by atoms with Gasteiger partial charge in [0, 0.05) is 34.4 Å². The van der Waals surface area contributed by atoms with Crippen LogP contribution >= 0.6 is 15.9 Å². The van der Waals surface area contributed by atoms with Gasteiger partial charge in [-0.15, -0.1) is 0 Å². The molecule has 0 aliphatic rings. The first-order valence-corrected chi connectivity index (χ1v) is 7.44. The standard InChI is InChI=1S/C11H14BrNO3S/c1-2-17(16)6-5-13-11(15)8-3-4-9(12)10(14)7-8/h3-4,7,14H,2,5-6H2,1H3,(H,13,15). The molecule has 0 heterocycles. The smallest absolute Gasteiger partial charge is 0.251 e. The van der Waals surface area contributed by atoms with Gasteiger partial charge in [0.2, 0.25) is 0 Å². The molecule has 6 heteroatoms. The molecule has 1 unspecified atom stereocenters. The van der Waals surface area contributed by atoms with Crippen LogP contribution in [0.25, 0.3) is 0 Å². The van der Waals surface area contributed by atoms with E-state index in [1.807, 2.05) is 6.92 Å². The summed E-state index contributed by atoms with van der Waals surface area (Å²) in [7, 11) is -0.879. The highest BCUT2D eigenvalue weighted by atomic mass is 79.9. The molecule has 0 bridgehead atoms. The minimum absolute atomic E-state index is 0.0229. The molecule has 1 aromatic carbocycles. The Kier molecular flexibility index (Phi) is 5.64. The highest BCUT2D eigenvalue weighted by Crippen LogP contribution is 2.24. The van der Waals surface area contributed by atoms with Crippen LogP contribution < -0.4 is 5.32 Å². The van der Waals surface area contributed by atoms with Gasteiger partial charge in [-0.05, 0) is 34.1 Å². The molecule has 4 nitrogen and oxygen atoms in total. The Morgan fingerprint density at radius 2 is 2.24 bits per heavy atom. The minimum Gasteiger partial charge on any atom is -0.507 e. The molecule has 0 fully saturated rings. The van der Waals surface area contributed by atoms with Gasteiger partial charge < -0.3 is 10.4 Å². The number of benzene rings is 1. The molecule has 1 rings (SSSR count). The van der Waals surface area contributed by atoms with E-state index in [9.17, 15) is 14.1 Å². The maximum atomic E-state index is 11.6. The Morgan fingerprint density at radius 3 is 2.82 bits per heavy atom. The van der Waals surface area contributed by atoms with Crippen LogP contribution in [0.15, 0.2) is 22.7 Å². The van der Waals surface area contributed by atoms with Crippen molar-refractivity contribution in [1.29, 1.82) is 0 Å². The lowest BCUT2D eigenvalue weighted by atomic mass is 10.2. The number of rotatable bonds is 5. The van der Waals surface area contributed by atoms with E-state index in [1.165, 1.54) is 6.07 Å². The van der Waals surface area contributed by atoms with Gasteiger partial charge in [-0.25, -0.2) is 0 Å². The van der Waals surface area contributed by atoms with Crippen LogP contribution in [-0.2, 0) is 10.8 Å². The molecule has 0 radical (unpaired) electrons. The number of hydrogen-bond acceptors (Lipinski definition) is 3. The van der Waals surface area contributed by atoms with Gasteiger partial charge >= 0.3 is 0 Å². The highest BCUT2D eigenvalue weighted by Gasteiger charge is 2.08. The third kappa shape index (κ3) is 4.47. The molecule has 17 heavy (non-hydrogen) atoms. The summed E-state index contributed by atoms with van der Waals surface area (Å²) in [4.78, 5) is 11.6. The fourth-order valence-corrected chi connectivity index (χ4v) is 2.04. The van der Waals surface area contributed by atoms with E-state index in [0.717, 1.165) is 0 Å². The number of aromatic hydroxyl groups is 1. The fourth-order valence-electron chi connectivity index (χ4n) is 1.18.